The van der Waals surface area contributed by atoms with Gasteiger partial charge >= 0.3 is 6.03 Å². The van der Waals surface area contributed by atoms with Gasteiger partial charge in [0.05, 0.1) is 5.54 Å². The standard InChI is InChI=1S/C19H25FN2O2/c20-16-3-1-13(2-4-16)12-19(5-7-24-8-6-19)22-18(23)21-17-10-14-9-15(14)11-17/h1-4,14-15,17H,5-12H2,(H2,21,22,23)/t14-,15-/m0/s1. The van der Waals surface area contributed by atoms with Crippen molar-refractivity contribution in [3.05, 3.63) is 35.6 Å². The van der Waals surface area contributed by atoms with Gasteiger partial charge in [-0.05, 0) is 68.1 Å². The number of nitrogens with one attached hydrogen (secondary N) is 2. The molecule has 1 aromatic carbocycles. The van der Waals surface area contributed by atoms with E-state index in [1.165, 1.54) is 18.6 Å². The Labute approximate surface area is 142 Å². The lowest BCUT2D eigenvalue weighted by molar-refractivity contribution is 0.0422. The molecule has 3 aliphatic rings. The van der Waals surface area contributed by atoms with Crippen LogP contribution in [-0.2, 0) is 11.2 Å². The molecule has 2 saturated carbocycles. The molecule has 0 aromatic heterocycles. The van der Waals surface area contributed by atoms with Crippen LogP contribution in [0, 0.1) is 17.7 Å². The van der Waals surface area contributed by atoms with Crippen LogP contribution in [0.2, 0.25) is 0 Å². The molecule has 2 amide bonds. The third-order valence-electron chi connectivity index (χ3n) is 5.86. The second kappa shape index (κ2) is 6.36. The van der Waals surface area contributed by atoms with Gasteiger partial charge in [0.25, 0.3) is 0 Å². The van der Waals surface area contributed by atoms with Gasteiger partial charge in [-0.25, -0.2) is 9.18 Å². The lowest BCUT2D eigenvalue weighted by Crippen LogP contribution is -2.57. The maximum Gasteiger partial charge on any atom is 0.315 e. The first kappa shape index (κ1) is 15.9. The zero-order valence-corrected chi connectivity index (χ0v) is 13.9. The average molecular weight is 332 g/mol. The summed E-state index contributed by atoms with van der Waals surface area (Å²) in [5.74, 6) is 1.48. The van der Waals surface area contributed by atoms with Crippen molar-refractivity contribution in [1.82, 2.24) is 10.6 Å². The smallest absolute Gasteiger partial charge is 0.315 e. The van der Waals surface area contributed by atoms with Gasteiger partial charge in [-0.3, -0.25) is 0 Å². The Balaban J connectivity index is 1.40. The number of hydrogen-bond acceptors (Lipinski definition) is 2. The second-order valence-corrected chi connectivity index (χ2v) is 7.72. The van der Waals surface area contributed by atoms with Crippen LogP contribution in [0.1, 0.15) is 37.7 Å². The fraction of sp³-hybridized carbons (Fsp3) is 0.632. The summed E-state index contributed by atoms with van der Waals surface area (Å²) >= 11 is 0. The normalized spacial score (nSPS) is 28.2. The van der Waals surface area contributed by atoms with Crippen molar-refractivity contribution in [3.8, 4) is 0 Å². The Kier molecular flexibility index (Phi) is 4.21. The van der Waals surface area contributed by atoms with Crippen molar-refractivity contribution in [1.29, 1.82) is 0 Å². The number of rotatable bonds is 4. The third-order valence-corrected chi connectivity index (χ3v) is 5.86. The van der Waals surface area contributed by atoms with Crippen molar-refractivity contribution >= 4 is 6.03 Å². The highest BCUT2D eigenvalue weighted by Crippen LogP contribution is 2.51. The number of carbonyl (C=O) groups excluding carboxylic acids is 1. The SMILES string of the molecule is O=C(NC1C[C@@H]2C[C@H]2C1)NC1(Cc2ccc(F)cc2)CCOCC1. The molecule has 130 valence electrons. The summed E-state index contributed by atoms with van der Waals surface area (Å²) in [5.41, 5.74) is 0.738. The zero-order chi connectivity index (χ0) is 16.6. The van der Waals surface area contributed by atoms with Crippen molar-refractivity contribution < 1.29 is 13.9 Å². The van der Waals surface area contributed by atoms with E-state index in [-0.39, 0.29) is 17.4 Å². The Morgan fingerprint density at radius 1 is 1.12 bits per heavy atom. The topological polar surface area (TPSA) is 50.4 Å². The molecule has 0 spiro atoms. The van der Waals surface area contributed by atoms with Crippen LogP contribution in [0.4, 0.5) is 9.18 Å². The van der Waals surface area contributed by atoms with Crippen molar-refractivity contribution in [2.75, 3.05) is 13.2 Å². The Bertz CT molecular complexity index is 588. The van der Waals surface area contributed by atoms with Gasteiger partial charge in [0.15, 0.2) is 0 Å². The molecule has 1 heterocycles. The Hall–Kier alpha value is -1.62. The summed E-state index contributed by atoms with van der Waals surface area (Å²) in [6.07, 6.45) is 5.89. The molecule has 4 rings (SSSR count). The molecule has 2 aliphatic carbocycles. The number of fused-ring (bicyclic) bond motifs is 1. The van der Waals surface area contributed by atoms with Crippen LogP contribution in [0.15, 0.2) is 24.3 Å². The van der Waals surface area contributed by atoms with Crippen LogP contribution in [0.5, 0.6) is 0 Å². The molecule has 3 fully saturated rings. The maximum atomic E-state index is 13.1. The maximum absolute atomic E-state index is 13.1. The van der Waals surface area contributed by atoms with Crippen molar-refractivity contribution in [2.24, 2.45) is 11.8 Å². The molecule has 0 unspecified atom stereocenters. The predicted octanol–water partition coefficient (Wildman–Crippen LogP) is 3.02. The number of halogens is 1. The molecule has 2 atom stereocenters. The van der Waals surface area contributed by atoms with Crippen LogP contribution >= 0.6 is 0 Å². The van der Waals surface area contributed by atoms with Gasteiger partial charge in [0.1, 0.15) is 5.82 Å². The summed E-state index contributed by atoms with van der Waals surface area (Å²) in [6, 6.07) is 6.83. The van der Waals surface area contributed by atoms with Crippen LogP contribution in [0.3, 0.4) is 0 Å². The molecule has 1 aliphatic heterocycles. The monoisotopic (exact) mass is 332 g/mol. The van der Waals surface area contributed by atoms with Crippen molar-refractivity contribution in [2.45, 2.75) is 50.1 Å². The average Bonchev–Trinajstić information content (AvgIpc) is 3.17. The first-order valence-electron chi connectivity index (χ1n) is 9.03. The first-order chi connectivity index (χ1) is 11.6. The second-order valence-electron chi connectivity index (χ2n) is 7.72. The van der Waals surface area contributed by atoms with Gasteiger partial charge in [0, 0.05) is 19.3 Å². The van der Waals surface area contributed by atoms with Crippen LogP contribution in [-0.4, -0.2) is 30.8 Å². The number of benzene rings is 1. The summed E-state index contributed by atoms with van der Waals surface area (Å²) in [6.45, 7) is 1.30. The molecule has 1 saturated heterocycles. The number of urea groups is 1. The molecule has 2 N–H and O–H groups in total. The molecule has 4 nitrogen and oxygen atoms in total. The lowest BCUT2D eigenvalue weighted by Gasteiger charge is -2.38. The molecular formula is C19H25FN2O2. The van der Waals surface area contributed by atoms with E-state index in [0.717, 1.165) is 43.1 Å². The van der Waals surface area contributed by atoms with Crippen LogP contribution in [0.25, 0.3) is 0 Å². The quantitative estimate of drug-likeness (QED) is 0.890. The molecule has 24 heavy (non-hydrogen) atoms. The van der Waals surface area contributed by atoms with Gasteiger partial charge in [-0.15, -0.1) is 0 Å². The van der Waals surface area contributed by atoms with E-state index in [1.807, 2.05) is 0 Å². The Morgan fingerprint density at radius 2 is 1.79 bits per heavy atom. The fourth-order valence-electron chi connectivity index (χ4n) is 4.40. The minimum atomic E-state index is -0.304. The van der Waals surface area contributed by atoms with Gasteiger partial charge in [-0.1, -0.05) is 12.1 Å². The summed E-state index contributed by atoms with van der Waals surface area (Å²) in [7, 11) is 0. The largest absolute Gasteiger partial charge is 0.381 e. The fourth-order valence-corrected chi connectivity index (χ4v) is 4.40. The van der Waals surface area contributed by atoms with E-state index in [1.54, 1.807) is 12.1 Å². The highest BCUT2D eigenvalue weighted by atomic mass is 19.1. The van der Waals surface area contributed by atoms with E-state index >= 15 is 0 Å². The highest BCUT2D eigenvalue weighted by molar-refractivity contribution is 5.75. The molecule has 0 bridgehead atoms. The van der Waals surface area contributed by atoms with Gasteiger partial charge in [-0.2, -0.15) is 0 Å². The van der Waals surface area contributed by atoms with Crippen LogP contribution < -0.4 is 10.6 Å². The molecule has 1 aromatic rings. The van der Waals surface area contributed by atoms with E-state index in [9.17, 15) is 9.18 Å². The molecule has 5 heteroatoms. The molecular weight excluding hydrogens is 307 g/mol. The summed E-state index contributed by atoms with van der Waals surface area (Å²) < 4.78 is 18.6. The van der Waals surface area contributed by atoms with Gasteiger partial charge in [0.2, 0.25) is 0 Å². The number of carbonyl (C=O) groups is 1. The van der Waals surface area contributed by atoms with E-state index < -0.39 is 0 Å². The van der Waals surface area contributed by atoms with Crippen molar-refractivity contribution in [3.63, 3.8) is 0 Å². The highest BCUT2D eigenvalue weighted by Gasteiger charge is 2.46. The minimum absolute atomic E-state index is 0.0645. The number of ether oxygens (including phenoxy) is 1. The number of amides is 2. The minimum Gasteiger partial charge on any atom is -0.381 e. The lowest BCUT2D eigenvalue weighted by atomic mass is 9.83. The first-order valence-corrected chi connectivity index (χ1v) is 9.03. The van der Waals surface area contributed by atoms with E-state index in [4.69, 9.17) is 4.74 Å². The summed E-state index contributed by atoms with van der Waals surface area (Å²) in [4.78, 5) is 12.5. The molecule has 0 radical (unpaired) electrons. The van der Waals surface area contributed by atoms with E-state index in [2.05, 4.69) is 10.6 Å². The Morgan fingerprint density at radius 3 is 2.46 bits per heavy atom. The number of hydrogen-bond donors (Lipinski definition) is 2. The van der Waals surface area contributed by atoms with E-state index in [0.29, 0.717) is 25.7 Å². The summed E-state index contributed by atoms with van der Waals surface area (Å²) in [5, 5.41) is 6.38. The van der Waals surface area contributed by atoms with Gasteiger partial charge < -0.3 is 15.4 Å². The zero-order valence-electron chi connectivity index (χ0n) is 13.9. The predicted molar refractivity (Wildman–Crippen MR) is 89.2 cm³/mol. The third kappa shape index (κ3) is 3.56.